The van der Waals surface area contributed by atoms with Crippen molar-refractivity contribution < 1.29 is 14.6 Å². The van der Waals surface area contributed by atoms with Crippen molar-refractivity contribution in [2.45, 2.75) is 57.7 Å². The molecule has 4 nitrogen and oxygen atoms in total. The predicted molar refractivity (Wildman–Crippen MR) is 69.1 cm³/mol. The van der Waals surface area contributed by atoms with Crippen molar-refractivity contribution in [3.63, 3.8) is 0 Å². The zero-order valence-corrected chi connectivity index (χ0v) is 11.4. The van der Waals surface area contributed by atoms with Gasteiger partial charge in [0, 0.05) is 13.2 Å². The van der Waals surface area contributed by atoms with Gasteiger partial charge in [-0.05, 0) is 44.9 Å². The molecule has 0 radical (unpaired) electrons. The molecule has 1 aliphatic carbocycles. The lowest BCUT2D eigenvalue weighted by atomic mass is 9.79. The Labute approximate surface area is 109 Å². The Morgan fingerprint density at radius 1 is 1.33 bits per heavy atom. The normalized spacial score (nSPS) is 40.7. The summed E-state index contributed by atoms with van der Waals surface area (Å²) >= 11 is 0. The van der Waals surface area contributed by atoms with Gasteiger partial charge in [-0.1, -0.05) is 6.92 Å². The first-order valence-corrected chi connectivity index (χ1v) is 7.12. The van der Waals surface area contributed by atoms with Crippen molar-refractivity contribution in [2.24, 2.45) is 11.8 Å². The number of carbonyl (C=O) groups is 1. The van der Waals surface area contributed by atoms with Crippen LogP contribution in [0.1, 0.15) is 46.0 Å². The number of aliphatic hydroxyl groups is 1. The Morgan fingerprint density at radius 2 is 2.00 bits per heavy atom. The van der Waals surface area contributed by atoms with E-state index in [2.05, 4.69) is 12.2 Å². The van der Waals surface area contributed by atoms with Crippen LogP contribution in [0.4, 0.5) is 0 Å². The van der Waals surface area contributed by atoms with Gasteiger partial charge in [-0.15, -0.1) is 0 Å². The fourth-order valence-corrected chi connectivity index (χ4v) is 2.94. The monoisotopic (exact) mass is 255 g/mol. The molecule has 104 valence electrons. The number of rotatable bonds is 3. The van der Waals surface area contributed by atoms with Gasteiger partial charge < -0.3 is 15.2 Å². The lowest BCUT2D eigenvalue weighted by Gasteiger charge is -2.35. The van der Waals surface area contributed by atoms with Crippen molar-refractivity contribution in [2.75, 3.05) is 13.2 Å². The van der Waals surface area contributed by atoms with Gasteiger partial charge in [0.2, 0.25) is 5.91 Å². The molecule has 1 heterocycles. The summed E-state index contributed by atoms with van der Waals surface area (Å²) in [6, 6.07) is 0. The molecule has 1 saturated carbocycles. The zero-order chi connectivity index (χ0) is 13.2. The van der Waals surface area contributed by atoms with Gasteiger partial charge in [-0.3, -0.25) is 4.79 Å². The highest BCUT2D eigenvalue weighted by Gasteiger charge is 2.35. The minimum atomic E-state index is -0.690. The summed E-state index contributed by atoms with van der Waals surface area (Å²) in [4.78, 5) is 12.0. The third-order valence-electron chi connectivity index (χ3n) is 4.51. The average Bonchev–Trinajstić information content (AvgIpc) is 2.77. The zero-order valence-electron chi connectivity index (χ0n) is 11.4. The van der Waals surface area contributed by atoms with Crippen molar-refractivity contribution in [1.82, 2.24) is 5.32 Å². The van der Waals surface area contributed by atoms with Crippen LogP contribution in [0.3, 0.4) is 0 Å². The van der Waals surface area contributed by atoms with Gasteiger partial charge in [-0.25, -0.2) is 0 Å². The fourth-order valence-electron chi connectivity index (χ4n) is 2.94. The van der Waals surface area contributed by atoms with E-state index in [1.54, 1.807) is 0 Å². The van der Waals surface area contributed by atoms with Crippen LogP contribution in [0, 0.1) is 11.8 Å². The fraction of sp³-hybridized carbons (Fsp3) is 0.929. The lowest BCUT2D eigenvalue weighted by molar-refractivity contribution is -0.128. The van der Waals surface area contributed by atoms with Crippen molar-refractivity contribution >= 4 is 5.91 Å². The molecular weight excluding hydrogens is 230 g/mol. The van der Waals surface area contributed by atoms with Crippen LogP contribution < -0.4 is 5.32 Å². The first kappa shape index (κ1) is 13.8. The van der Waals surface area contributed by atoms with Gasteiger partial charge in [-0.2, -0.15) is 0 Å². The summed E-state index contributed by atoms with van der Waals surface area (Å²) in [5, 5.41) is 13.3. The van der Waals surface area contributed by atoms with Gasteiger partial charge >= 0.3 is 0 Å². The minimum Gasteiger partial charge on any atom is -0.388 e. The standard InChI is InChI=1S/C14H25NO3/c1-10-3-6-14(17,7-4-10)9-15-13(16)12-5-8-18-11(12)2/h10-12,17H,3-9H2,1-2H3,(H,15,16). The van der Waals surface area contributed by atoms with E-state index in [0.717, 1.165) is 32.1 Å². The minimum absolute atomic E-state index is 0.00557. The molecule has 2 fully saturated rings. The summed E-state index contributed by atoms with van der Waals surface area (Å²) in [5.74, 6) is 0.687. The molecule has 0 aromatic heterocycles. The molecule has 18 heavy (non-hydrogen) atoms. The molecule has 0 spiro atoms. The van der Waals surface area contributed by atoms with Crippen LogP contribution in [-0.4, -0.2) is 35.9 Å². The maximum absolute atomic E-state index is 12.0. The van der Waals surface area contributed by atoms with Gasteiger partial charge in [0.05, 0.1) is 17.6 Å². The van der Waals surface area contributed by atoms with E-state index in [0.29, 0.717) is 19.1 Å². The Hall–Kier alpha value is -0.610. The smallest absolute Gasteiger partial charge is 0.225 e. The number of hydrogen-bond acceptors (Lipinski definition) is 3. The van der Waals surface area contributed by atoms with Crippen LogP contribution in [0.2, 0.25) is 0 Å². The second kappa shape index (κ2) is 5.57. The van der Waals surface area contributed by atoms with E-state index >= 15 is 0 Å². The second-order valence-corrected chi connectivity index (χ2v) is 6.10. The molecule has 2 unspecified atom stereocenters. The van der Waals surface area contributed by atoms with E-state index < -0.39 is 5.60 Å². The van der Waals surface area contributed by atoms with Crippen molar-refractivity contribution in [1.29, 1.82) is 0 Å². The van der Waals surface area contributed by atoms with E-state index in [9.17, 15) is 9.90 Å². The second-order valence-electron chi connectivity index (χ2n) is 6.10. The highest BCUT2D eigenvalue weighted by molar-refractivity contribution is 5.79. The third kappa shape index (κ3) is 3.23. The van der Waals surface area contributed by atoms with Crippen LogP contribution >= 0.6 is 0 Å². The molecule has 0 aromatic carbocycles. The molecule has 2 aliphatic rings. The van der Waals surface area contributed by atoms with Gasteiger partial charge in [0.15, 0.2) is 0 Å². The lowest BCUT2D eigenvalue weighted by Crippen LogP contribution is -2.47. The van der Waals surface area contributed by atoms with Crippen molar-refractivity contribution in [3.8, 4) is 0 Å². The van der Waals surface area contributed by atoms with Crippen LogP contribution in [0.5, 0.6) is 0 Å². The topological polar surface area (TPSA) is 58.6 Å². The summed E-state index contributed by atoms with van der Waals surface area (Å²) in [6.07, 6.45) is 4.50. The molecular formula is C14H25NO3. The van der Waals surface area contributed by atoms with Crippen LogP contribution in [-0.2, 0) is 9.53 Å². The summed E-state index contributed by atoms with van der Waals surface area (Å²) in [6.45, 7) is 5.22. The number of hydrogen-bond donors (Lipinski definition) is 2. The number of amides is 1. The molecule has 1 saturated heterocycles. The summed E-state index contributed by atoms with van der Waals surface area (Å²) in [7, 11) is 0. The highest BCUT2D eigenvalue weighted by Crippen LogP contribution is 2.31. The van der Waals surface area contributed by atoms with Gasteiger partial charge in [0.1, 0.15) is 0 Å². The van der Waals surface area contributed by atoms with Crippen LogP contribution in [0.15, 0.2) is 0 Å². The molecule has 1 amide bonds. The van der Waals surface area contributed by atoms with E-state index in [1.165, 1.54) is 0 Å². The summed E-state index contributed by atoms with van der Waals surface area (Å²) in [5.41, 5.74) is -0.690. The van der Waals surface area contributed by atoms with Crippen molar-refractivity contribution in [3.05, 3.63) is 0 Å². The first-order chi connectivity index (χ1) is 8.50. The largest absolute Gasteiger partial charge is 0.388 e. The molecule has 1 aliphatic heterocycles. The number of ether oxygens (including phenoxy) is 1. The Balaban J connectivity index is 1.78. The number of carbonyl (C=O) groups excluding carboxylic acids is 1. The maximum Gasteiger partial charge on any atom is 0.225 e. The molecule has 0 aromatic rings. The molecule has 2 atom stereocenters. The Morgan fingerprint density at radius 3 is 2.56 bits per heavy atom. The molecule has 0 bridgehead atoms. The third-order valence-corrected chi connectivity index (χ3v) is 4.51. The molecule has 4 heteroatoms. The first-order valence-electron chi connectivity index (χ1n) is 7.12. The maximum atomic E-state index is 12.0. The van der Waals surface area contributed by atoms with E-state index in [-0.39, 0.29) is 17.9 Å². The van der Waals surface area contributed by atoms with E-state index in [1.807, 2.05) is 6.92 Å². The average molecular weight is 255 g/mol. The number of nitrogens with one attached hydrogen (secondary N) is 1. The van der Waals surface area contributed by atoms with Crippen LogP contribution in [0.25, 0.3) is 0 Å². The predicted octanol–water partition coefficient (Wildman–Crippen LogP) is 1.47. The Bertz CT molecular complexity index is 297. The Kier molecular flexibility index (Phi) is 4.28. The highest BCUT2D eigenvalue weighted by atomic mass is 16.5. The van der Waals surface area contributed by atoms with Gasteiger partial charge in [0.25, 0.3) is 0 Å². The quantitative estimate of drug-likeness (QED) is 0.803. The van der Waals surface area contributed by atoms with E-state index in [4.69, 9.17) is 4.74 Å². The SMILES string of the molecule is CC1CCC(O)(CNC(=O)C2CCOC2C)CC1. The summed E-state index contributed by atoms with van der Waals surface area (Å²) < 4.78 is 5.39. The molecule has 2 N–H and O–H groups in total. The molecule has 2 rings (SSSR count).